The van der Waals surface area contributed by atoms with E-state index >= 15 is 0 Å². The number of hydrogen-bond acceptors (Lipinski definition) is 1. The molecule has 1 aliphatic rings. The van der Waals surface area contributed by atoms with E-state index in [9.17, 15) is 0 Å². The smallest absolute Gasteiger partial charge is 0.0438 e. The van der Waals surface area contributed by atoms with Crippen LogP contribution in [-0.4, -0.2) is 11.6 Å². The monoisotopic (exact) mass is 251 g/mol. The van der Waals surface area contributed by atoms with Crippen molar-refractivity contribution >= 4 is 11.6 Å². The topological polar surface area (TPSA) is 12.0 Å². The normalized spacial score (nSPS) is 18.1. The Kier molecular flexibility index (Phi) is 3.79. The summed E-state index contributed by atoms with van der Waals surface area (Å²) >= 11 is 6.24. The van der Waals surface area contributed by atoms with Crippen molar-refractivity contribution in [1.29, 1.82) is 0 Å². The average molecular weight is 252 g/mol. The first-order chi connectivity index (χ1) is 7.96. The molecule has 0 aliphatic heterocycles. The lowest BCUT2D eigenvalue weighted by molar-refractivity contribution is 0.332. The molecule has 94 valence electrons. The minimum Gasteiger partial charge on any atom is -0.309 e. The molecule has 1 saturated carbocycles. The maximum Gasteiger partial charge on any atom is 0.0438 e. The summed E-state index contributed by atoms with van der Waals surface area (Å²) in [7, 11) is 0. The molecule has 0 bridgehead atoms. The second-order valence-electron chi connectivity index (χ2n) is 6.13. The van der Waals surface area contributed by atoms with Crippen LogP contribution in [0.15, 0.2) is 24.3 Å². The Balaban J connectivity index is 2.05. The molecule has 1 fully saturated rings. The predicted octanol–water partition coefficient (Wildman–Crippen LogP) is 4.05. The van der Waals surface area contributed by atoms with E-state index < -0.39 is 0 Å². The molecular weight excluding hydrogens is 230 g/mol. The second kappa shape index (κ2) is 4.99. The first-order valence-corrected chi connectivity index (χ1v) is 6.84. The van der Waals surface area contributed by atoms with Crippen LogP contribution in [0.5, 0.6) is 0 Å². The van der Waals surface area contributed by atoms with E-state index in [-0.39, 0.29) is 5.54 Å². The molecule has 1 atom stereocenters. The maximum atomic E-state index is 6.24. The third-order valence-corrected chi connectivity index (χ3v) is 3.58. The maximum absolute atomic E-state index is 6.24. The Bertz CT molecular complexity index is 377. The van der Waals surface area contributed by atoms with Crippen LogP contribution >= 0.6 is 11.6 Å². The highest BCUT2D eigenvalue weighted by Crippen LogP contribution is 2.35. The molecule has 2 heteroatoms. The van der Waals surface area contributed by atoms with Crippen LogP contribution in [0.4, 0.5) is 0 Å². The molecule has 1 aromatic carbocycles. The van der Waals surface area contributed by atoms with Gasteiger partial charge in [-0.25, -0.2) is 0 Å². The summed E-state index contributed by atoms with van der Waals surface area (Å²) in [4.78, 5) is 0. The molecule has 17 heavy (non-hydrogen) atoms. The molecule has 0 saturated heterocycles. The standard InChI is InChI=1S/C15H22ClN/c1-15(2,3)17-14(11-8-9-11)10-12-6-4-5-7-13(12)16/h4-7,11,14,17H,8-10H2,1-3H3. The lowest BCUT2D eigenvalue weighted by Gasteiger charge is -2.29. The summed E-state index contributed by atoms with van der Waals surface area (Å²) in [5.74, 6) is 0.838. The van der Waals surface area contributed by atoms with Gasteiger partial charge in [-0.2, -0.15) is 0 Å². The van der Waals surface area contributed by atoms with Gasteiger partial charge >= 0.3 is 0 Å². The molecule has 1 nitrogen and oxygen atoms in total. The Morgan fingerprint density at radius 2 is 1.94 bits per heavy atom. The third kappa shape index (κ3) is 4.01. The Morgan fingerprint density at radius 3 is 2.47 bits per heavy atom. The molecule has 0 heterocycles. The fourth-order valence-corrected chi connectivity index (χ4v) is 2.50. The number of hydrogen-bond donors (Lipinski definition) is 1. The van der Waals surface area contributed by atoms with Crippen LogP contribution in [0.25, 0.3) is 0 Å². The van der Waals surface area contributed by atoms with Crippen LogP contribution < -0.4 is 5.32 Å². The van der Waals surface area contributed by atoms with Gasteiger partial charge in [0.25, 0.3) is 0 Å². The van der Waals surface area contributed by atoms with Crippen molar-refractivity contribution in [2.75, 3.05) is 0 Å². The summed E-state index contributed by atoms with van der Waals surface area (Å²) in [6.45, 7) is 6.69. The molecule has 0 amide bonds. The molecule has 0 radical (unpaired) electrons. The van der Waals surface area contributed by atoms with E-state index in [1.807, 2.05) is 12.1 Å². The zero-order valence-electron chi connectivity index (χ0n) is 11.0. The molecule has 1 aromatic rings. The lowest BCUT2D eigenvalue weighted by atomic mass is 9.98. The Hall–Kier alpha value is -0.530. The molecule has 2 rings (SSSR count). The van der Waals surface area contributed by atoms with Gasteiger partial charge in [0.15, 0.2) is 0 Å². The van der Waals surface area contributed by atoms with Gasteiger partial charge in [-0.05, 0) is 57.6 Å². The molecule has 0 aromatic heterocycles. The summed E-state index contributed by atoms with van der Waals surface area (Å²) in [6, 6.07) is 8.76. The van der Waals surface area contributed by atoms with Crippen molar-refractivity contribution in [3.05, 3.63) is 34.9 Å². The van der Waals surface area contributed by atoms with E-state index in [0.29, 0.717) is 6.04 Å². The first kappa shape index (κ1) is 12.9. The van der Waals surface area contributed by atoms with Gasteiger partial charge in [0.05, 0.1) is 0 Å². The molecule has 1 N–H and O–H groups in total. The van der Waals surface area contributed by atoms with E-state index in [1.165, 1.54) is 18.4 Å². The summed E-state index contributed by atoms with van der Waals surface area (Å²) in [5, 5.41) is 4.63. The highest BCUT2D eigenvalue weighted by atomic mass is 35.5. The molecule has 1 unspecified atom stereocenters. The highest BCUT2D eigenvalue weighted by molar-refractivity contribution is 6.31. The number of nitrogens with one attached hydrogen (secondary N) is 1. The van der Waals surface area contributed by atoms with E-state index in [1.54, 1.807) is 0 Å². The van der Waals surface area contributed by atoms with Gasteiger partial charge in [0.1, 0.15) is 0 Å². The van der Waals surface area contributed by atoms with Crippen LogP contribution in [0.1, 0.15) is 39.2 Å². The van der Waals surface area contributed by atoms with E-state index in [0.717, 1.165) is 17.4 Å². The van der Waals surface area contributed by atoms with Gasteiger partial charge in [-0.3, -0.25) is 0 Å². The average Bonchev–Trinajstić information content (AvgIpc) is 3.01. The third-order valence-electron chi connectivity index (χ3n) is 3.21. The lowest BCUT2D eigenvalue weighted by Crippen LogP contribution is -2.45. The van der Waals surface area contributed by atoms with Crippen LogP contribution in [0.3, 0.4) is 0 Å². The summed E-state index contributed by atoms with van der Waals surface area (Å²) in [6.07, 6.45) is 3.76. The van der Waals surface area contributed by atoms with Crippen molar-refractivity contribution < 1.29 is 0 Å². The minimum absolute atomic E-state index is 0.175. The molecule has 0 spiro atoms. The fraction of sp³-hybridized carbons (Fsp3) is 0.600. The van der Waals surface area contributed by atoms with Gasteiger partial charge in [-0.15, -0.1) is 0 Å². The van der Waals surface area contributed by atoms with Crippen molar-refractivity contribution in [2.24, 2.45) is 5.92 Å². The van der Waals surface area contributed by atoms with Crippen LogP contribution in [0, 0.1) is 5.92 Å². The number of rotatable bonds is 4. The van der Waals surface area contributed by atoms with E-state index in [2.05, 4.69) is 38.2 Å². The summed E-state index contributed by atoms with van der Waals surface area (Å²) < 4.78 is 0. The van der Waals surface area contributed by atoms with Crippen LogP contribution in [0.2, 0.25) is 5.02 Å². The summed E-state index contributed by atoms with van der Waals surface area (Å²) in [5.41, 5.74) is 1.44. The Labute approximate surface area is 110 Å². The fourth-order valence-electron chi connectivity index (χ4n) is 2.29. The SMILES string of the molecule is CC(C)(C)NC(Cc1ccccc1Cl)C1CC1. The second-order valence-corrected chi connectivity index (χ2v) is 6.54. The highest BCUT2D eigenvalue weighted by Gasteiger charge is 2.33. The van der Waals surface area contributed by atoms with Gasteiger partial charge in [-0.1, -0.05) is 29.8 Å². The number of halogens is 1. The van der Waals surface area contributed by atoms with Crippen molar-refractivity contribution in [3.8, 4) is 0 Å². The van der Waals surface area contributed by atoms with Gasteiger partial charge in [0, 0.05) is 16.6 Å². The predicted molar refractivity (Wildman–Crippen MR) is 74.6 cm³/mol. The largest absolute Gasteiger partial charge is 0.309 e. The Morgan fingerprint density at radius 1 is 1.29 bits per heavy atom. The van der Waals surface area contributed by atoms with E-state index in [4.69, 9.17) is 11.6 Å². The van der Waals surface area contributed by atoms with Gasteiger partial charge in [0.2, 0.25) is 0 Å². The minimum atomic E-state index is 0.175. The molecular formula is C15H22ClN. The van der Waals surface area contributed by atoms with Crippen molar-refractivity contribution in [3.63, 3.8) is 0 Å². The van der Waals surface area contributed by atoms with Crippen LogP contribution in [-0.2, 0) is 6.42 Å². The zero-order valence-corrected chi connectivity index (χ0v) is 11.7. The quantitative estimate of drug-likeness (QED) is 0.851. The first-order valence-electron chi connectivity index (χ1n) is 6.47. The molecule has 1 aliphatic carbocycles. The van der Waals surface area contributed by atoms with Gasteiger partial charge < -0.3 is 5.32 Å². The van der Waals surface area contributed by atoms with Crippen molar-refractivity contribution in [1.82, 2.24) is 5.32 Å². The number of benzene rings is 1. The van der Waals surface area contributed by atoms with Crippen molar-refractivity contribution in [2.45, 2.75) is 51.6 Å². The zero-order chi connectivity index (χ0) is 12.5.